The number of carbonyl (C=O) groups excluding carboxylic acids is 2. The highest BCUT2D eigenvalue weighted by molar-refractivity contribution is 9.10. The van der Waals surface area contributed by atoms with Gasteiger partial charge >= 0.3 is 5.97 Å². The molecule has 0 fully saturated rings. The number of carbonyl (C=O) groups is 2. The molecule has 28 heavy (non-hydrogen) atoms. The fourth-order valence-corrected chi connectivity index (χ4v) is 2.85. The van der Waals surface area contributed by atoms with E-state index in [0.717, 1.165) is 5.56 Å². The molecular formula is C21H19BrN2O4. The number of nitrogens with one attached hydrogen (secondary N) is 1. The number of rotatable bonds is 7. The van der Waals surface area contributed by atoms with Gasteiger partial charge in [0.05, 0.1) is 17.6 Å². The normalized spacial score (nSPS) is 11.9. The van der Waals surface area contributed by atoms with Crippen LogP contribution in [0.4, 0.5) is 0 Å². The minimum Gasteiger partial charge on any atom is -0.481 e. The summed E-state index contributed by atoms with van der Waals surface area (Å²) in [7, 11) is 1.28. The Morgan fingerprint density at radius 1 is 1.25 bits per heavy atom. The summed E-state index contributed by atoms with van der Waals surface area (Å²) in [5.41, 5.74) is 1.57. The molecule has 0 aromatic heterocycles. The van der Waals surface area contributed by atoms with Crippen molar-refractivity contribution in [2.75, 3.05) is 13.7 Å². The SMILES string of the molecule is COC(=O)COc1ccc(/C=C(\C#N)C(=O)NC(C)c2ccccc2)cc1Br. The largest absolute Gasteiger partial charge is 0.481 e. The van der Waals surface area contributed by atoms with Crippen LogP contribution in [0.15, 0.2) is 58.6 Å². The summed E-state index contributed by atoms with van der Waals surface area (Å²) in [6.45, 7) is 1.64. The van der Waals surface area contributed by atoms with Crippen LogP contribution >= 0.6 is 15.9 Å². The third-order valence-corrected chi connectivity index (χ3v) is 4.47. The Morgan fingerprint density at radius 2 is 1.96 bits per heavy atom. The summed E-state index contributed by atoms with van der Waals surface area (Å²) < 4.78 is 10.4. The van der Waals surface area contributed by atoms with Crippen LogP contribution in [-0.2, 0) is 14.3 Å². The van der Waals surface area contributed by atoms with Crippen LogP contribution in [0.25, 0.3) is 6.08 Å². The Labute approximate surface area is 171 Å². The third-order valence-electron chi connectivity index (χ3n) is 3.85. The molecule has 1 atom stereocenters. The van der Waals surface area contributed by atoms with Gasteiger partial charge in [0.1, 0.15) is 17.4 Å². The fourth-order valence-electron chi connectivity index (χ4n) is 2.33. The first kappa shape index (κ1) is 21.2. The predicted molar refractivity (Wildman–Crippen MR) is 108 cm³/mol. The lowest BCUT2D eigenvalue weighted by atomic mass is 10.1. The monoisotopic (exact) mass is 442 g/mol. The molecular weight excluding hydrogens is 424 g/mol. The molecule has 0 bridgehead atoms. The second-order valence-electron chi connectivity index (χ2n) is 5.83. The average molecular weight is 443 g/mol. The van der Waals surface area contributed by atoms with Crippen molar-refractivity contribution in [3.05, 3.63) is 69.7 Å². The summed E-state index contributed by atoms with van der Waals surface area (Å²) in [6.07, 6.45) is 1.49. The maximum atomic E-state index is 12.4. The molecule has 2 rings (SSSR count). The maximum absolute atomic E-state index is 12.4. The van der Waals surface area contributed by atoms with Gasteiger partial charge in [-0.3, -0.25) is 4.79 Å². The first-order valence-electron chi connectivity index (χ1n) is 8.41. The Morgan fingerprint density at radius 3 is 2.57 bits per heavy atom. The number of hydrogen-bond donors (Lipinski definition) is 1. The number of amides is 1. The molecule has 0 saturated carbocycles. The van der Waals surface area contributed by atoms with Gasteiger partial charge in [0.25, 0.3) is 5.91 Å². The van der Waals surface area contributed by atoms with Crippen molar-refractivity contribution >= 4 is 33.9 Å². The molecule has 1 unspecified atom stereocenters. The lowest BCUT2D eigenvalue weighted by Crippen LogP contribution is -2.27. The quantitative estimate of drug-likeness (QED) is 0.400. The van der Waals surface area contributed by atoms with E-state index < -0.39 is 11.9 Å². The van der Waals surface area contributed by atoms with E-state index in [1.165, 1.54) is 13.2 Å². The number of ether oxygens (including phenoxy) is 2. The van der Waals surface area contributed by atoms with Gasteiger partial charge in [-0.2, -0.15) is 5.26 Å². The highest BCUT2D eigenvalue weighted by Crippen LogP contribution is 2.27. The zero-order valence-corrected chi connectivity index (χ0v) is 17.0. The van der Waals surface area contributed by atoms with Crippen LogP contribution in [0.2, 0.25) is 0 Å². The number of benzene rings is 2. The molecule has 144 valence electrons. The second-order valence-corrected chi connectivity index (χ2v) is 6.68. The lowest BCUT2D eigenvalue weighted by Gasteiger charge is -2.14. The molecule has 0 aliphatic carbocycles. The lowest BCUT2D eigenvalue weighted by molar-refractivity contribution is -0.142. The standard InChI is InChI=1S/C21H19BrN2O4/c1-14(16-6-4-3-5-7-16)24-21(26)17(12-23)10-15-8-9-19(18(22)11-15)28-13-20(25)27-2/h3-11,14H,13H2,1-2H3,(H,24,26)/b17-10+. The van der Waals surface area contributed by atoms with Crippen molar-refractivity contribution in [2.24, 2.45) is 0 Å². The van der Waals surface area contributed by atoms with Gasteiger partial charge < -0.3 is 14.8 Å². The Kier molecular flexibility index (Phi) is 7.78. The predicted octanol–water partition coefficient (Wildman–Crippen LogP) is 3.79. The van der Waals surface area contributed by atoms with Crippen molar-refractivity contribution in [1.82, 2.24) is 5.32 Å². The summed E-state index contributed by atoms with van der Waals surface area (Å²) in [4.78, 5) is 23.6. The van der Waals surface area contributed by atoms with Gasteiger partial charge in [0.15, 0.2) is 6.61 Å². The summed E-state index contributed by atoms with van der Waals surface area (Å²) in [5, 5.41) is 12.2. The molecule has 0 saturated heterocycles. The average Bonchev–Trinajstić information content (AvgIpc) is 2.71. The number of nitrogens with zero attached hydrogens (tertiary/aromatic N) is 1. The molecule has 2 aromatic carbocycles. The van der Waals surface area contributed by atoms with E-state index in [1.807, 2.05) is 43.3 Å². The number of halogens is 1. The third kappa shape index (κ3) is 5.96. The molecule has 0 aliphatic heterocycles. The second kappa shape index (κ2) is 10.3. The molecule has 6 nitrogen and oxygen atoms in total. The van der Waals surface area contributed by atoms with Crippen molar-refractivity contribution in [3.63, 3.8) is 0 Å². The number of esters is 1. The van der Waals surface area contributed by atoms with Gasteiger partial charge in [0, 0.05) is 0 Å². The highest BCUT2D eigenvalue weighted by atomic mass is 79.9. The topological polar surface area (TPSA) is 88.4 Å². The number of hydrogen-bond acceptors (Lipinski definition) is 5. The summed E-state index contributed by atoms with van der Waals surface area (Å²) >= 11 is 3.35. The van der Waals surface area contributed by atoms with E-state index in [9.17, 15) is 14.9 Å². The molecule has 0 heterocycles. The van der Waals surface area contributed by atoms with E-state index in [4.69, 9.17) is 4.74 Å². The van der Waals surface area contributed by atoms with Crippen molar-refractivity contribution in [3.8, 4) is 11.8 Å². The van der Waals surface area contributed by atoms with Gasteiger partial charge in [0.2, 0.25) is 0 Å². The van der Waals surface area contributed by atoms with Crippen LogP contribution in [-0.4, -0.2) is 25.6 Å². The molecule has 0 radical (unpaired) electrons. The van der Waals surface area contributed by atoms with Gasteiger partial charge in [-0.1, -0.05) is 36.4 Å². The highest BCUT2D eigenvalue weighted by Gasteiger charge is 2.14. The van der Waals surface area contributed by atoms with Crippen LogP contribution in [0.5, 0.6) is 5.75 Å². The fraction of sp³-hybridized carbons (Fsp3) is 0.190. The number of methoxy groups -OCH3 is 1. The van der Waals surface area contributed by atoms with E-state index in [0.29, 0.717) is 15.8 Å². The van der Waals surface area contributed by atoms with E-state index in [2.05, 4.69) is 26.0 Å². The number of nitriles is 1. The minimum absolute atomic E-state index is 0.0158. The van der Waals surface area contributed by atoms with Crippen molar-refractivity contribution < 1.29 is 19.1 Å². The molecule has 0 spiro atoms. The zero-order chi connectivity index (χ0) is 20.5. The smallest absolute Gasteiger partial charge is 0.343 e. The summed E-state index contributed by atoms with van der Waals surface area (Å²) in [5.74, 6) is -0.504. The minimum atomic E-state index is -0.494. The Hall–Kier alpha value is -3.11. The zero-order valence-electron chi connectivity index (χ0n) is 15.4. The molecule has 1 N–H and O–H groups in total. The van der Waals surface area contributed by atoms with Crippen LogP contribution < -0.4 is 10.1 Å². The Balaban J connectivity index is 2.10. The van der Waals surface area contributed by atoms with Crippen LogP contribution in [0.3, 0.4) is 0 Å². The summed E-state index contributed by atoms with van der Waals surface area (Å²) in [6, 6.07) is 16.2. The Bertz CT molecular complexity index is 920. The molecule has 7 heteroatoms. The van der Waals surface area contributed by atoms with Crippen LogP contribution in [0.1, 0.15) is 24.1 Å². The van der Waals surface area contributed by atoms with Crippen molar-refractivity contribution in [1.29, 1.82) is 5.26 Å². The van der Waals surface area contributed by atoms with Crippen LogP contribution in [0, 0.1) is 11.3 Å². The van der Waals surface area contributed by atoms with E-state index in [1.54, 1.807) is 18.2 Å². The molecule has 1 amide bonds. The first-order chi connectivity index (χ1) is 13.4. The first-order valence-corrected chi connectivity index (χ1v) is 9.20. The molecule has 2 aromatic rings. The van der Waals surface area contributed by atoms with Gasteiger partial charge in [-0.25, -0.2) is 4.79 Å². The van der Waals surface area contributed by atoms with E-state index in [-0.39, 0.29) is 18.2 Å². The maximum Gasteiger partial charge on any atom is 0.343 e. The van der Waals surface area contributed by atoms with Crippen molar-refractivity contribution in [2.45, 2.75) is 13.0 Å². The van der Waals surface area contributed by atoms with E-state index >= 15 is 0 Å². The van der Waals surface area contributed by atoms with Gasteiger partial charge in [-0.05, 0) is 52.2 Å². The van der Waals surface area contributed by atoms with Gasteiger partial charge in [-0.15, -0.1) is 0 Å². The molecule has 0 aliphatic rings.